The van der Waals surface area contributed by atoms with Gasteiger partial charge in [-0.25, -0.2) is 0 Å². The van der Waals surface area contributed by atoms with E-state index in [-0.39, 0.29) is 12.2 Å². The summed E-state index contributed by atoms with van der Waals surface area (Å²) in [6.07, 6.45) is -0.659. The van der Waals surface area contributed by atoms with E-state index in [1.807, 2.05) is 0 Å². The van der Waals surface area contributed by atoms with E-state index in [2.05, 4.69) is 6.58 Å². The number of aliphatic carboxylic acids is 1. The van der Waals surface area contributed by atoms with Gasteiger partial charge in [0.1, 0.15) is 0 Å². The normalized spacial score (nSPS) is 29.5. The van der Waals surface area contributed by atoms with E-state index in [0.29, 0.717) is 5.57 Å². The molecular formula is C7H11BO4. The summed E-state index contributed by atoms with van der Waals surface area (Å²) in [6, 6.07) is 0. The second-order valence-corrected chi connectivity index (χ2v) is 2.98. The minimum absolute atomic E-state index is 0.125. The lowest BCUT2D eigenvalue weighted by molar-refractivity contribution is -0.138. The first-order valence-corrected chi connectivity index (χ1v) is 3.76. The van der Waals surface area contributed by atoms with Crippen LogP contribution < -0.4 is 0 Å². The highest BCUT2D eigenvalue weighted by Gasteiger charge is 2.39. The van der Waals surface area contributed by atoms with Gasteiger partial charge in [0.25, 0.3) is 0 Å². The Hall–Kier alpha value is -0.805. The molecule has 0 aliphatic carbocycles. The fourth-order valence-corrected chi connectivity index (χ4v) is 1.19. The molecule has 1 fully saturated rings. The number of hydrogen-bond acceptors (Lipinski definition) is 3. The molecule has 2 unspecified atom stereocenters. The van der Waals surface area contributed by atoms with Crippen LogP contribution in [0.4, 0.5) is 0 Å². The Morgan fingerprint density at radius 3 is 2.75 bits per heavy atom. The zero-order valence-electron chi connectivity index (χ0n) is 6.86. The first kappa shape index (κ1) is 9.28. The standard InChI is InChI=1S/C7H11BO4/c1-4-5(2)8(11)12-6(4)3-7(9)10/h5-6,11H,1,3H2,2H3,(H,9,10). The Labute approximate surface area is 71.0 Å². The van der Waals surface area contributed by atoms with E-state index < -0.39 is 19.2 Å². The molecule has 0 bridgehead atoms. The number of carboxylic acid groups (broad SMARTS) is 1. The van der Waals surface area contributed by atoms with Gasteiger partial charge in [-0.15, -0.1) is 0 Å². The fourth-order valence-electron chi connectivity index (χ4n) is 1.19. The maximum absolute atomic E-state index is 10.3. The zero-order chi connectivity index (χ0) is 9.30. The van der Waals surface area contributed by atoms with Crippen molar-refractivity contribution in [3.63, 3.8) is 0 Å². The van der Waals surface area contributed by atoms with E-state index in [9.17, 15) is 9.82 Å². The molecule has 1 heterocycles. The highest BCUT2D eigenvalue weighted by Crippen LogP contribution is 2.33. The molecule has 0 amide bonds. The van der Waals surface area contributed by atoms with Gasteiger partial charge < -0.3 is 14.8 Å². The summed E-state index contributed by atoms with van der Waals surface area (Å²) in [5.74, 6) is -1.11. The lowest BCUT2D eigenvalue weighted by Gasteiger charge is -2.08. The van der Waals surface area contributed by atoms with Crippen LogP contribution in [0.5, 0.6) is 0 Å². The van der Waals surface area contributed by atoms with Gasteiger partial charge in [0.05, 0.1) is 12.5 Å². The quantitative estimate of drug-likeness (QED) is 0.461. The van der Waals surface area contributed by atoms with Gasteiger partial charge in [-0.3, -0.25) is 4.79 Å². The van der Waals surface area contributed by atoms with Crippen molar-refractivity contribution in [2.24, 2.45) is 0 Å². The van der Waals surface area contributed by atoms with Crippen LogP contribution in [0.1, 0.15) is 13.3 Å². The summed E-state index contributed by atoms with van der Waals surface area (Å²) in [5.41, 5.74) is 0.657. The Morgan fingerprint density at radius 2 is 2.42 bits per heavy atom. The average Bonchev–Trinajstić information content (AvgIpc) is 2.17. The van der Waals surface area contributed by atoms with Gasteiger partial charge >= 0.3 is 13.1 Å². The Bertz CT molecular complexity index is 215. The summed E-state index contributed by atoms with van der Waals surface area (Å²) >= 11 is 0. The molecule has 66 valence electrons. The van der Waals surface area contributed by atoms with Crippen LogP contribution >= 0.6 is 0 Å². The Morgan fingerprint density at radius 1 is 1.83 bits per heavy atom. The summed E-state index contributed by atoms with van der Waals surface area (Å²) in [7, 11) is -0.901. The molecule has 4 nitrogen and oxygen atoms in total. The largest absolute Gasteiger partial charge is 0.481 e. The molecule has 0 aromatic carbocycles. The maximum atomic E-state index is 10.3. The molecule has 0 aromatic rings. The van der Waals surface area contributed by atoms with Crippen molar-refractivity contribution in [3.8, 4) is 0 Å². The minimum atomic E-state index is -0.942. The van der Waals surface area contributed by atoms with E-state index in [1.165, 1.54) is 0 Å². The van der Waals surface area contributed by atoms with Crippen molar-refractivity contribution in [2.45, 2.75) is 25.3 Å². The van der Waals surface area contributed by atoms with Gasteiger partial charge in [0, 0.05) is 5.82 Å². The predicted octanol–water partition coefficient (Wildman–Crippen LogP) is 0.287. The van der Waals surface area contributed by atoms with Crippen molar-refractivity contribution < 1.29 is 19.6 Å². The molecule has 2 atom stereocenters. The summed E-state index contributed by atoms with van der Waals surface area (Å²) in [4.78, 5) is 10.3. The van der Waals surface area contributed by atoms with Crippen molar-refractivity contribution >= 4 is 13.1 Å². The van der Waals surface area contributed by atoms with Crippen molar-refractivity contribution in [1.29, 1.82) is 0 Å². The molecule has 0 radical (unpaired) electrons. The van der Waals surface area contributed by atoms with Crippen LogP contribution in [0, 0.1) is 0 Å². The first-order chi connectivity index (χ1) is 5.52. The van der Waals surface area contributed by atoms with Gasteiger partial charge in [0.15, 0.2) is 0 Å². The van der Waals surface area contributed by atoms with Gasteiger partial charge in [0.2, 0.25) is 0 Å². The third kappa shape index (κ3) is 1.68. The molecule has 12 heavy (non-hydrogen) atoms. The van der Waals surface area contributed by atoms with E-state index in [4.69, 9.17) is 9.76 Å². The first-order valence-electron chi connectivity index (χ1n) is 3.76. The average molecular weight is 170 g/mol. The van der Waals surface area contributed by atoms with Crippen LogP contribution in [0.15, 0.2) is 12.2 Å². The Kier molecular flexibility index (Phi) is 2.54. The fraction of sp³-hybridized carbons (Fsp3) is 0.571. The van der Waals surface area contributed by atoms with E-state index in [1.54, 1.807) is 6.92 Å². The van der Waals surface area contributed by atoms with E-state index >= 15 is 0 Å². The summed E-state index contributed by atoms with van der Waals surface area (Å²) < 4.78 is 4.97. The van der Waals surface area contributed by atoms with Crippen LogP contribution in [-0.4, -0.2) is 29.3 Å². The molecule has 1 aliphatic rings. The predicted molar refractivity (Wildman–Crippen MR) is 43.7 cm³/mol. The minimum Gasteiger partial charge on any atom is -0.481 e. The highest BCUT2D eigenvalue weighted by atomic mass is 16.5. The SMILES string of the molecule is C=C1C(CC(=O)O)OB(O)C1C. The highest BCUT2D eigenvalue weighted by molar-refractivity contribution is 6.47. The number of rotatable bonds is 2. The molecule has 1 aliphatic heterocycles. The molecule has 0 saturated carbocycles. The van der Waals surface area contributed by atoms with Gasteiger partial charge in [-0.05, 0) is 5.57 Å². The molecule has 1 rings (SSSR count). The van der Waals surface area contributed by atoms with Crippen molar-refractivity contribution in [3.05, 3.63) is 12.2 Å². The van der Waals surface area contributed by atoms with Crippen LogP contribution in [0.3, 0.4) is 0 Å². The molecule has 0 spiro atoms. The van der Waals surface area contributed by atoms with Crippen LogP contribution in [0.2, 0.25) is 5.82 Å². The molecular weight excluding hydrogens is 159 g/mol. The topological polar surface area (TPSA) is 66.8 Å². The van der Waals surface area contributed by atoms with Crippen LogP contribution in [0.25, 0.3) is 0 Å². The third-order valence-electron chi connectivity index (χ3n) is 2.09. The number of hydrogen-bond donors (Lipinski definition) is 2. The maximum Gasteiger partial charge on any atom is 0.462 e. The van der Waals surface area contributed by atoms with E-state index in [0.717, 1.165) is 0 Å². The second kappa shape index (κ2) is 3.29. The monoisotopic (exact) mass is 170 g/mol. The van der Waals surface area contributed by atoms with Gasteiger partial charge in [-0.2, -0.15) is 0 Å². The summed E-state index contributed by atoms with van der Waals surface area (Å²) in [5, 5.41) is 17.6. The Balaban J connectivity index is 2.59. The lowest BCUT2D eigenvalue weighted by atomic mass is 9.72. The lowest BCUT2D eigenvalue weighted by Crippen LogP contribution is -2.18. The van der Waals surface area contributed by atoms with Crippen molar-refractivity contribution in [1.82, 2.24) is 0 Å². The van der Waals surface area contributed by atoms with Gasteiger partial charge in [-0.1, -0.05) is 13.5 Å². The molecule has 0 aromatic heterocycles. The number of carboxylic acids is 1. The molecule has 5 heteroatoms. The van der Waals surface area contributed by atoms with Crippen LogP contribution in [-0.2, 0) is 9.45 Å². The van der Waals surface area contributed by atoms with Crippen molar-refractivity contribution in [2.75, 3.05) is 0 Å². The smallest absolute Gasteiger partial charge is 0.462 e. The molecule has 2 N–H and O–H groups in total. The zero-order valence-corrected chi connectivity index (χ0v) is 6.86. The summed E-state index contributed by atoms with van der Waals surface area (Å²) in [6.45, 7) is 5.43. The molecule has 1 saturated heterocycles. The third-order valence-corrected chi connectivity index (χ3v) is 2.09. The second-order valence-electron chi connectivity index (χ2n) is 2.98. The number of carbonyl (C=O) groups is 1.